The zero-order valence-electron chi connectivity index (χ0n) is 15.4. The lowest BCUT2D eigenvalue weighted by Crippen LogP contribution is -2.19. The minimum Gasteiger partial charge on any atom is -0.382 e. The summed E-state index contributed by atoms with van der Waals surface area (Å²) in [5, 5.41) is 3.42. The molecular weight excluding hydrogens is 294 g/mol. The predicted molar refractivity (Wildman–Crippen MR) is 95.2 cm³/mol. The topological polar surface area (TPSA) is 49.0 Å². The van der Waals surface area contributed by atoms with E-state index in [2.05, 4.69) is 5.32 Å². The highest BCUT2D eigenvalue weighted by Crippen LogP contribution is 1.93. The normalized spacial score (nSPS) is 11.2. The van der Waals surface area contributed by atoms with Crippen LogP contribution in [0.4, 0.5) is 0 Å². The van der Waals surface area contributed by atoms with E-state index in [1.165, 1.54) is 0 Å². The molecule has 0 spiro atoms. The van der Waals surface area contributed by atoms with E-state index in [1.54, 1.807) is 0 Å². The first kappa shape index (κ1) is 22.8. The minimum absolute atomic E-state index is 0.811. The molecule has 0 heterocycles. The number of unbranched alkanes of at least 4 members (excludes halogenated alkanes) is 2. The van der Waals surface area contributed by atoms with Gasteiger partial charge in [0.2, 0.25) is 0 Å². The Hall–Kier alpha value is -0.200. The van der Waals surface area contributed by atoms with Crippen LogP contribution in [0.15, 0.2) is 0 Å². The van der Waals surface area contributed by atoms with E-state index in [1.807, 2.05) is 13.8 Å². The number of nitrogens with one attached hydrogen (secondary N) is 1. The first-order valence-electron chi connectivity index (χ1n) is 9.43. The second kappa shape index (κ2) is 21.8. The lowest BCUT2D eigenvalue weighted by Gasteiger charge is -2.07. The summed E-state index contributed by atoms with van der Waals surface area (Å²) in [5.41, 5.74) is 0. The summed E-state index contributed by atoms with van der Waals surface area (Å²) in [6.07, 6.45) is 6.52. The summed E-state index contributed by atoms with van der Waals surface area (Å²) in [5.74, 6) is 0. The van der Waals surface area contributed by atoms with Crippen molar-refractivity contribution in [1.29, 1.82) is 0 Å². The third-order valence-electron chi connectivity index (χ3n) is 3.35. The Labute approximate surface area is 143 Å². The quantitative estimate of drug-likeness (QED) is 0.347. The van der Waals surface area contributed by atoms with Gasteiger partial charge in [-0.05, 0) is 65.5 Å². The van der Waals surface area contributed by atoms with Gasteiger partial charge in [-0.25, -0.2) is 0 Å². The average molecular weight is 334 g/mol. The smallest absolute Gasteiger partial charge is 0.0478 e. The molecule has 0 saturated heterocycles. The van der Waals surface area contributed by atoms with Crippen molar-refractivity contribution in [2.75, 3.05) is 65.9 Å². The van der Waals surface area contributed by atoms with Crippen molar-refractivity contribution in [3.63, 3.8) is 0 Å². The zero-order chi connectivity index (χ0) is 16.8. The van der Waals surface area contributed by atoms with Gasteiger partial charge in [-0.15, -0.1) is 0 Å². The Balaban J connectivity index is 2.92. The maximum atomic E-state index is 5.58. The Kier molecular flexibility index (Phi) is 21.6. The van der Waals surface area contributed by atoms with Crippen LogP contribution in [0, 0.1) is 0 Å². The number of hydrogen-bond donors (Lipinski definition) is 1. The lowest BCUT2D eigenvalue weighted by atomic mass is 10.3. The van der Waals surface area contributed by atoms with Gasteiger partial charge in [0, 0.05) is 52.9 Å². The highest BCUT2D eigenvalue weighted by Gasteiger charge is 1.93. The second-order valence-corrected chi connectivity index (χ2v) is 5.49. The van der Waals surface area contributed by atoms with Crippen LogP contribution in [-0.4, -0.2) is 65.9 Å². The Morgan fingerprint density at radius 1 is 0.478 bits per heavy atom. The monoisotopic (exact) mass is 333 g/mol. The SMILES string of the molecule is CCOCCCCOCCCNCCCOCCCCOCC. The molecule has 0 aliphatic heterocycles. The van der Waals surface area contributed by atoms with Crippen molar-refractivity contribution >= 4 is 0 Å². The Morgan fingerprint density at radius 3 is 1.22 bits per heavy atom. The Bertz CT molecular complexity index is 185. The van der Waals surface area contributed by atoms with Gasteiger partial charge in [-0.2, -0.15) is 0 Å². The van der Waals surface area contributed by atoms with Crippen LogP contribution in [-0.2, 0) is 18.9 Å². The van der Waals surface area contributed by atoms with E-state index in [0.29, 0.717) is 0 Å². The number of ether oxygens (including phenoxy) is 4. The summed E-state index contributed by atoms with van der Waals surface area (Å²) < 4.78 is 21.7. The molecule has 0 aliphatic rings. The van der Waals surface area contributed by atoms with E-state index < -0.39 is 0 Å². The van der Waals surface area contributed by atoms with Gasteiger partial charge in [0.15, 0.2) is 0 Å². The molecule has 1 N–H and O–H groups in total. The third-order valence-corrected chi connectivity index (χ3v) is 3.35. The highest BCUT2D eigenvalue weighted by atomic mass is 16.5. The molecule has 0 aromatic heterocycles. The third kappa shape index (κ3) is 21.8. The van der Waals surface area contributed by atoms with Crippen molar-refractivity contribution in [3.8, 4) is 0 Å². The summed E-state index contributed by atoms with van der Waals surface area (Å²) >= 11 is 0. The summed E-state index contributed by atoms with van der Waals surface area (Å²) in [4.78, 5) is 0. The van der Waals surface area contributed by atoms with Crippen LogP contribution in [0.2, 0.25) is 0 Å². The molecule has 0 rings (SSSR count). The van der Waals surface area contributed by atoms with Crippen LogP contribution in [0.1, 0.15) is 52.4 Å². The summed E-state index contributed by atoms with van der Waals surface area (Å²) in [7, 11) is 0. The van der Waals surface area contributed by atoms with Gasteiger partial charge in [-0.3, -0.25) is 0 Å². The van der Waals surface area contributed by atoms with Gasteiger partial charge in [-0.1, -0.05) is 0 Å². The molecule has 140 valence electrons. The molecule has 0 fully saturated rings. The van der Waals surface area contributed by atoms with Gasteiger partial charge in [0.25, 0.3) is 0 Å². The van der Waals surface area contributed by atoms with Crippen molar-refractivity contribution in [2.24, 2.45) is 0 Å². The van der Waals surface area contributed by atoms with E-state index in [4.69, 9.17) is 18.9 Å². The van der Waals surface area contributed by atoms with E-state index in [-0.39, 0.29) is 0 Å². The van der Waals surface area contributed by atoms with Crippen LogP contribution in [0.3, 0.4) is 0 Å². The molecule has 0 atom stereocenters. The van der Waals surface area contributed by atoms with Crippen LogP contribution in [0.25, 0.3) is 0 Å². The molecule has 5 nitrogen and oxygen atoms in total. The second-order valence-electron chi connectivity index (χ2n) is 5.49. The van der Waals surface area contributed by atoms with Crippen molar-refractivity contribution < 1.29 is 18.9 Å². The molecule has 5 heteroatoms. The molecule has 0 amide bonds. The van der Waals surface area contributed by atoms with Crippen molar-refractivity contribution in [1.82, 2.24) is 5.32 Å². The largest absolute Gasteiger partial charge is 0.382 e. The summed E-state index contributed by atoms with van der Waals surface area (Å²) in [6, 6.07) is 0. The fraction of sp³-hybridized carbons (Fsp3) is 1.00. The molecule has 0 saturated carbocycles. The maximum absolute atomic E-state index is 5.58. The molecule has 0 aliphatic carbocycles. The molecule has 0 aromatic rings. The summed E-state index contributed by atoms with van der Waals surface area (Å²) in [6.45, 7) is 12.8. The van der Waals surface area contributed by atoms with Crippen LogP contribution >= 0.6 is 0 Å². The Morgan fingerprint density at radius 2 is 0.826 bits per heavy atom. The highest BCUT2D eigenvalue weighted by molar-refractivity contribution is 4.48. The van der Waals surface area contributed by atoms with Gasteiger partial charge >= 0.3 is 0 Å². The van der Waals surface area contributed by atoms with Gasteiger partial charge < -0.3 is 24.3 Å². The number of hydrogen-bond acceptors (Lipinski definition) is 5. The van der Waals surface area contributed by atoms with Gasteiger partial charge in [0.1, 0.15) is 0 Å². The molecule has 0 bridgehead atoms. The molecule has 0 aromatic carbocycles. The van der Waals surface area contributed by atoms with Crippen molar-refractivity contribution in [3.05, 3.63) is 0 Å². The van der Waals surface area contributed by atoms with E-state index in [9.17, 15) is 0 Å². The molecule has 23 heavy (non-hydrogen) atoms. The number of rotatable bonds is 20. The fourth-order valence-electron chi connectivity index (χ4n) is 2.03. The first-order chi connectivity index (χ1) is 11.4. The van der Waals surface area contributed by atoms with Crippen LogP contribution < -0.4 is 5.32 Å². The van der Waals surface area contributed by atoms with Crippen molar-refractivity contribution in [2.45, 2.75) is 52.4 Å². The van der Waals surface area contributed by atoms with Gasteiger partial charge in [0.05, 0.1) is 0 Å². The fourth-order valence-corrected chi connectivity index (χ4v) is 2.03. The maximum Gasteiger partial charge on any atom is 0.0478 e. The van der Waals surface area contributed by atoms with E-state index in [0.717, 1.165) is 104 Å². The standard InChI is InChI=1S/C18H39NO4/c1-3-20-13-5-7-15-22-17-9-11-19-12-10-18-23-16-8-6-14-21-4-2/h19H,3-18H2,1-2H3. The zero-order valence-corrected chi connectivity index (χ0v) is 15.4. The predicted octanol–water partition coefficient (Wildman–Crippen LogP) is 3.02. The van der Waals surface area contributed by atoms with Crippen LogP contribution in [0.5, 0.6) is 0 Å². The molecular formula is C18H39NO4. The van der Waals surface area contributed by atoms with E-state index >= 15 is 0 Å². The average Bonchev–Trinajstić information content (AvgIpc) is 2.57. The first-order valence-corrected chi connectivity index (χ1v) is 9.43. The molecule has 0 unspecified atom stereocenters. The molecule has 0 radical (unpaired) electrons. The minimum atomic E-state index is 0.811. The lowest BCUT2D eigenvalue weighted by molar-refractivity contribution is 0.104.